The number of benzene rings is 1. The number of nitrogens with zero attached hydrogens (tertiary/aromatic N) is 5. The Morgan fingerprint density at radius 1 is 1.31 bits per heavy atom. The van der Waals surface area contributed by atoms with Gasteiger partial charge in [0.25, 0.3) is 5.56 Å². The van der Waals surface area contributed by atoms with Crippen LogP contribution in [0.1, 0.15) is 24.4 Å². The number of fused-ring (bicyclic) bond motifs is 2. The zero-order chi connectivity index (χ0) is 18.3. The van der Waals surface area contributed by atoms with Crippen LogP contribution in [0.25, 0.3) is 10.9 Å². The largest absolute Gasteiger partial charge is 0.387 e. The number of hydrogen-bond acceptors (Lipinski definition) is 5. The van der Waals surface area contributed by atoms with Crippen molar-refractivity contribution in [2.45, 2.75) is 32.7 Å². The number of aromatic nitrogens is 4. The van der Waals surface area contributed by atoms with E-state index in [1.807, 2.05) is 16.8 Å². The molecule has 3 aromatic rings. The van der Waals surface area contributed by atoms with E-state index in [1.54, 1.807) is 30.0 Å². The summed E-state index contributed by atoms with van der Waals surface area (Å²) >= 11 is 0. The van der Waals surface area contributed by atoms with Gasteiger partial charge in [-0.3, -0.25) is 18.8 Å². The van der Waals surface area contributed by atoms with Gasteiger partial charge in [-0.1, -0.05) is 12.1 Å². The fraction of sp³-hybridized carbons (Fsp3) is 0.333. The molecule has 8 nitrogen and oxygen atoms in total. The minimum Gasteiger partial charge on any atom is -0.387 e. The lowest BCUT2D eigenvalue weighted by Gasteiger charge is -2.27. The molecule has 0 fully saturated rings. The van der Waals surface area contributed by atoms with Crippen LogP contribution in [-0.4, -0.2) is 41.8 Å². The first-order valence-electron chi connectivity index (χ1n) is 8.49. The highest BCUT2D eigenvalue weighted by molar-refractivity contribution is 5.79. The third kappa shape index (κ3) is 2.88. The monoisotopic (exact) mass is 353 g/mol. The Labute approximate surface area is 149 Å². The molecular formula is C18H19N5O3. The van der Waals surface area contributed by atoms with Crippen LogP contribution >= 0.6 is 0 Å². The molecule has 1 aliphatic rings. The van der Waals surface area contributed by atoms with Crippen LogP contribution in [0.5, 0.6) is 0 Å². The topological polar surface area (TPSA) is 93.2 Å². The zero-order valence-corrected chi connectivity index (χ0v) is 14.4. The lowest BCUT2D eigenvalue weighted by molar-refractivity contribution is -0.133. The van der Waals surface area contributed by atoms with E-state index in [0.29, 0.717) is 36.2 Å². The summed E-state index contributed by atoms with van der Waals surface area (Å²) in [5.41, 5.74) is 1.88. The molecule has 0 spiro atoms. The van der Waals surface area contributed by atoms with E-state index in [4.69, 9.17) is 0 Å². The van der Waals surface area contributed by atoms with Gasteiger partial charge >= 0.3 is 0 Å². The molecule has 1 aliphatic heterocycles. The summed E-state index contributed by atoms with van der Waals surface area (Å²) in [6, 6.07) is 8.90. The van der Waals surface area contributed by atoms with Gasteiger partial charge in [0.1, 0.15) is 6.54 Å². The van der Waals surface area contributed by atoms with Gasteiger partial charge in [-0.05, 0) is 25.1 Å². The third-order valence-electron chi connectivity index (χ3n) is 4.63. The van der Waals surface area contributed by atoms with Crippen molar-refractivity contribution >= 4 is 16.8 Å². The SMILES string of the molecule is C[C@H](O)c1cc2n(n1)CCN(C(=O)Cn1cnc3ccccc3c1=O)C2. The second-order valence-corrected chi connectivity index (χ2v) is 6.47. The Morgan fingerprint density at radius 3 is 2.92 bits per heavy atom. The summed E-state index contributed by atoms with van der Waals surface area (Å²) in [5.74, 6) is -0.143. The average molecular weight is 353 g/mol. The highest BCUT2D eigenvalue weighted by Gasteiger charge is 2.23. The van der Waals surface area contributed by atoms with E-state index < -0.39 is 6.10 Å². The van der Waals surface area contributed by atoms with Crippen molar-refractivity contribution in [3.05, 3.63) is 58.4 Å². The van der Waals surface area contributed by atoms with Gasteiger partial charge in [-0.15, -0.1) is 0 Å². The van der Waals surface area contributed by atoms with Crippen LogP contribution < -0.4 is 5.56 Å². The Balaban J connectivity index is 1.54. The summed E-state index contributed by atoms with van der Waals surface area (Å²) in [4.78, 5) is 31.1. The smallest absolute Gasteiger partial charge is 0.261 e. The van der Waals surface area contributed by atoms with Crippen LogP contribution in [-0.2, 0) is 24.4 Å². The summed E-state index contributed by atoms with van der Waals surface area (Å²) in [6.45, 7) is 3.11. The Hall–Kier alpha value is -3.00. The molecule has 0 bridgehead atoms. The summed E-state index contributed by atoms with van der Waals surface area (Å²) in [6.07, 6.45) is 0.780. The van der Waals surface area contributed by atoms with Crippen LogP contribution in [0.2, 0.25) is 0 Å². The fourth-order valence-electron chi connectivity index (χ4n) is 3.17. The number of rotatable bonds is 3. The number of amides is 1. The van der Waals surface area contributed by atoms with Crippen molar-refractivity contribution in [2.75, 3.05) is 6.54 Å². The van der Waals surface area contributed by atoms with Crippen molar-refractivity contribution in [1.82, 2.24) is 24.2 Å². The molecule has 26 heavy (non-hydrogen) atoms. The molecule has 1 N–H and O–H groups in total. The molecule has 0 aliphatic carbocycles. The number of carbonyl (C=O) groups is 1. The predicted molar refractivity (Wildman–Crippen MR) is 94.3 cm³/mol. The van der Waals surface area contributed by atoms with Crippen LogP contribution in [0.3, 0.4) is 0 Å². The second kappa shape index (κ2) is 6.38. The maximum Gasteiger partial charge on any atom is 0.261 e. The maximum absolute atomic E-state index is 12.7. The van der Waals surface area contributed by atoms with E-state index in [-0.39, 0.29) is 18.0 Å². The average Bonchev–Trinajstić information content (AvgIpc) is 3.08. The highest BCUT2D eigenvalue weighted by Crippen LogP contribution is 2.18. The van der Waals surface area contributed by atoms with Crippen molar-refractivity contribution in [2.24, 2.45) is 0 Å². The minimum absolute atomic E-state index is 0.0476. The number of aliphatic hydroxyl groups excluding tert-OH is 1. The van der Waals surface area contributed by atoms with Gasteiger partial charge in [0, 0.05) is 6.54 Å². The van der Waals surface area contributed by atoms with Crippen LogP contribution in [0.4, 0.5) is 0 Å². The molecule has 3 heterocycles. The Morgan fingerprint density at radius 2 is 2.12 bits per heavy atom. The van der Waals surface area contributed by atoms with E-state index in [2.05, 4.69) is 10.1 Å². The molecule has 0 saturated heterocycles. The normalized spacial score (nSPS) is 15.1. The zero-order valence-electron chi connectivity index (χ0n) is 14.4. The Bertz CT molecular complexity index is 1040. The summed E-state index contributed by atoms with van der Waals surface area (Å²) in [7, 11) is 0. The molecule has 134 valence electrons. The first-order chi connectivity index (χ1) is 12.5. The predicted octanol–water partition coefficient (Wildman–Crippen LogP) is 0.689. The molecular weight excluding hydrogens is 334 g/mol. The highest BCUT2D eigenvalue weighted by atomic mass is 16.3. The second-order valence-electron chi connectivity index (χ2n) is 6.47. The van der Waals surface area contributed by atoms with Gasteiger partial charge in [0.05, 0.1) is 47.8 Å². The van der Waals surface area contributed by atoms with Crippen molar-refractivity contribution in [3.63, 3.8) is 0 Å². The number of para-hydroxylation sites is 1. The number of carbonyl (C=O) groups excluding carboxylic acids is 1. The minimum atomic E-state index is -0.639. The van der Waals surface area contributed by atoms with Crippen LogP contribution in [0, 0.1) is 0 Å². The van der Waals surface area contributed by atoms with Gasteiger partial charge in [0.15, 0.2) is 0 Å². The maximum atomic E-state index is 12.7. The van der Waals surface area contributed by atoms with Gasteiger partial charge < -0.3 is 10.0 Å². The standard InChI is InChI=1S/C18H19N5O3/c1-12(24)16-8-13-9-21(6-7-23(13)20-16)17(25)10-22-11-19-15-5-3-2-4-14(15)18(22)26/h2-5,8,11-12,24H,6-7,9-10H2,1H3/t12-/m0/s1. The van der Waals surface area contributed by atoms with Gasteiger partial charge in [-0.2, -0.15) is 5.10 Å². The van der Waals surface area contributed by atoms with Crippen molar-refractivity contribution < 1.29 is 9.90 Å². The van der Waals surface area contributed by atoms with Gasteiger partial charge in [0.2, 0.25) is 5.91 Å². The molecule has 4 rings (SSSR count). The van der Waals surface area contributed by atoms with E-state index in [1.165, 1.54) is 10.9 Å². The summed E-state index contributed by atoms with van der Waals surface area (Å²) < 4.78 is 3.16. The molecule has 2 aromatic heterocycles. The van der Waals surface area contributed by atoms with Gasteiger partial charge in [-0.25, -0.2) is 4.98 Å². The third-order valence-corrected chi connectivity index (χ3v) is 4.63. The molecule has 1 aromatic carbocycles. The number of aliphatic hydroxyl groups is 1. The molecule has 0 radical (unpaired) electrons. The molecule has 8 heteroatoms. The number of hydrogen-bond donors (Lipinski definition) is 1. The van der Waals surface area contributed by atoms with Crippen LogP contribution in [0.15, 0.2) is 41.5 Å². The quantitative estimate of drug-likeness (QED) is 0.748. The van der Waals surface area contributed by atoms with Crippen molar-refractivity contribution in [3.8, 4) is 0 Å². The molecule has 0 saturated carbocycles. The Kier molecular flexibility index (Phi) is 4.04. The van der Waals surface area contributed by atoms with Crippen molar-refractivity contribution in [1.29, 1.82) is 0 Å². The first-order valence-corrected chi connectivity index (χ1v) is 8.49. The summed E-state index contributed by atoms with van der Waals surface area (Å²) in [5, 5.41) is 14.5. The fourth-order valence-corrected chi connectivity index (χ4v) is 3.17. The van der Waals surface area contributed by atoms with E-state index in [9.17, 15) is 14.7 Å². The molecule has 1 atom stereocenters. The molecule has 0 unspecified atom stereocenters. The molecule has 1 amide bonds. The lowest BCUT2D eigenvalue weighted by Crippen LogP contribution is -2.41. The van der Waals surface area contributed by atoms with E-state index >= 15 is 0 Å². The lowest BCUT2D eigenvalue weighted by atomic mass is 10.2. The first kappa shape index (κ1) is 16.5. The van der Waals surface area contributed by atoms with E-state index in [0.717, 1.165) is 5.69 Å².